The van der Waals surface area contributed by atoms with Gasteiger partial charge in [-0.25, -0.2) is 9.97 Å². The molecule has 0 radical (unpaired) electrons. The SMILES string of the molecule is COc1ccc(-c2ncc(Br)c(N)n2)c(OC)c1OC. The lowest BCUT2D eigenvalue weighted by molar-refractivity contribution is 0.325. The highest BCUT2D eigenvalue weighted by atomic mass is 79.9. The van der Waals surface area contributed by atoms with E-state index < -0.39 is 0 Å². The number of rotatable bonds is 4. The monoisotopic (exact) mass is 339 g/mol. The van der Waals surface area contributed by atoms with Gasteiger partial charge in [-0.3, -0.25) is 0 Å². The van der Waals surface area contributed by atoms with Crippen LogP contribution in [-0.2, 0) is 0 Å². The molecule has 1 aromatic carbocycles. The first-order valence-electron chi connectivity index (χ1n) is 5.69. The van der Waals surface area contributed by atoms with Crippen LogP contribution in [0.2, 0.25) is 0 Å². The summed E-state index contributed by atoms with van der Waals surface area (Å²) in [5, 5.41) is 0. The summed E-state index contributed by atoms with van der Waals surface area (Å²) < 4.78 is 16.6. The Morgan fingerprint density at radius 1 is 1.05 bits per heavy atom. The molecular formula is C13H14BrN3O3. The van der Waals surface area contributed by atoms with Crippen LogP contribution in [-0.4, -0.2) is 31.3 Å². The third-order valence-electron chi connectivity index (χ3n) is 2.72. The highest BCUT2D eigenvalue weighted by Gasteiger charge is 2.19. The number of benzene rings is 1. The van der Waals surface area contributed by atoms with Crippen LogP contribution in [0.5, 0.6) is 17.2 Å². The molecule has 20 heavy (non-hydrogen) atoms. The Morgan fingerprint density at radius 3 is 2.30 bits per heavy atom. The Morgan fingerprint density at radius 2 is 1.75 bits per heavy atom. The summed E-state index contributed by atoms with van der Waals surface area (Å²) in [5.41, 5.74) is 6.45. The Labute approximate surface area is 125 Å². The molecule has 0 atom stereocenters. The van der Waals surface area contributed by atoms with E-state index >= 15 is 0 Å². The minimum absolute atomic E-state index is 0.354. The molecule has 0 saturated carbocycles. The zero-order valence-electron chi connectivity index (χ0n) is 11.3. The number of nitrogens with zero attached hydrogens (tertiary/aromatic N) is 2. The third-order valence-corrected chi connectivity index (χ3v) is 3.33. The lowest BCUT2D eigenvalue weighted by Crippen LogP contribution is -2.00. The summed E-state index contributed by atoms with van der Waals surface area (Å²) in [7, 11) is 4.65. The second kappa shape index (κ2) is 5.96. The number of halogens is 1. The van der Waals surface area contributed by atoms with Gasteiger partial charge in [-0.15, -0.1) is 0 Å². The normalized spacial score (nSPS) is 10.2. The van der Waals surface area contributed by atoms with Crippen LogP contribution in [0.1, 0.15) is 0 Å². The highest BCUT2D eigenvalue weighted by Crippen LogP contribution is 2.43. The average Bonchev–Trinajstić information content (AvgIpc) is 2.48. The third kappa shape index (κ3) is 2.49. The topological polar surface area (TPSA) is 79.5 Å². The van der Waals surface area contributed by atoms with Gasteiger partial charge in [0.05, 0.1) is 31.4 Å². The number of hydrogen-bond acceptors (Lipinski definition) is 6. The molecule has 1 aromatic heterocycles. The largest absolute Gasteiger partial charge is 0.493 e. The van der Waals surface area contributed by atoms with Crippen molar-refractivity contribution in [3.63, 3.8) is 0 Å². The number of nitrogen functional groups attached to an aromatic ring is 1. The van der Waals surface area contributed by atoms with Gasteiger partial charge >= 0.3 is 0 Å². The molecule has 6 nitrogen and oxygen atoms in total. The van der Waals surface area contributed by atoms with Gasteiger partial charge in [-0.1, -0.05) is 0 Å². The molecule has 2 rings (SSSR count). The second-order valence-electron chi connectivity index (χ2n) is 3.81. The molecule has 0 aliphatic rings. The Balaban J connectivity index is 2.64. The predicted molar refractivity (Wildman–Crippen MR) is 79.2 cm³/mol. The van der Waals surface area contributed by atoms with Crippen LogP contribution >= 0.6 is 15.9 Å². The molecule has 0 bridgehead atoms. The minimum atomic E-state index is 0.354. The van der Waals surface area contributed by atoms with Gasteiger partial charge in [0.2, 0.25) is 5.75 Å². The highest BCUT2D eigenvalue weighted by molar-refractivity contribution is 9.10. The lowest BCUT2D eigenvalue weighted by atomic mass is 10.1. The molecule has 0 amide bonds. The molecule has 0 aliphatic carbocycles. The van der Waals surface area contributed by atoms with E-state index in [0.29, 0.717) is 38.9 Å². The van der Waals surface area contributed by atoms with Crippen molar-refractivity contribution >= 4 is 21.7 Å². The number of aromatic nitrogens is 2. The van der Waals surface area contributed by atoms with Crippen molar-refractivity contribution in [3.8, 4) is 28.6 Å². The van der Waals surface area contributed by atoms with Gasteiger partial charge in [0, 0.05) is 6.20 Å². The predicted octanol–water partition coefficient (Wildman–Crippen LogP) is 2.51. The molecule has 0 spiro atoms. The average molecular weight is 340 g/mol. The Kier molecular flexibility index (Phi) is 4.29. The van der Waals surface area contributed by atoms with E-state index in [1.54, 1.807) is 39.7 Å². The first-order chi connectivity index (χ1) is 9.62. The molecule has 2 aromatic rings. The van der Waals surface area contributed by atoms with Gasteiger partial charge in [0.15, 0.2) is 17.3 Å². The van der Waals surface area contributed by atoms with Gasteiger partial charge in [-0.2, -0.15) is 0 Å². The maximum atomic E-state index is 5.78. The maximum absolute atomic E-state index is 5.78. The van der Waals surface area contributed by atoms with Gasteiger partial charge in [0.1, 0.15) is 5.82 Å². The molecule has 106 valence electrons. The smallest absolute Gasteiger partial charge is 0.204 e. The first-order valence-corrected chi connectivity index (χ1v) is 6.49. The molecule has 1 heterocycles. The van der Waals surface area contributed by atoms with Crippen LogP contribution in [0, 0.1) is 0 Å². The van der Waals surface area contributed by atoms with E-state index in [-0.39, 0.29) is 0 Å². The molecule has 0 saturated heterocycles. The van der Waals surface area contributed by atoms with Crippen molar-refractivity contribution < 1.29 is 14.2 Å². The molecule has 0 aliphatic heterocycles. The maximum Gasteiger partial charge on any atom is 0.204 e. The fourth-order valence-electron chi connectivity index (χ4n) is 1.79. The summed E-state index contributed by atoms with van der Waals surface area (Å²) in [6.07, 6.45) is 1.59. The summed E-state index contributed by atoms with van der Waals surface area (Å²) in [5.74, 6) is 2.35. The summed E-state index contributed by atoms with van der Waals surface area (Å²) in [6, 6.07) is 3.56. The number of anilines is 1. The Hall–Kier alpha value is -2.02. The number of hydrogen-bond donors (Lipinski definition) is 1. The summed E-state index contributed by atoms with van der Waals surface area (Å²) in [4.78, 5) is 8.46. The van der Waals surface area contributed by atoms with Crippen LogP contribution in [0.4, 0.5) is 5.82 Å². The fraction of sp³-hybridized carbons (Fsp3) is 0.231. The molecule has 2 N–H and O–H groups in total. The van der Waals surface area contributed by atoms with Crippen molar-refractivity contribution in [2.45, 2.75) is 0 Å². The number of nitrogens with two attached hydrogens (primary N) is 1. The number of methoxy groups -OCH3 is 3. The van der Waals surface area contributed by atoms with E-state index in [4.69, 9.17) is 19.9 Å². The first kappa shape index (κ1) is 14.4. The molecule has 0 fully saturated rings. The Bertz CT molecular complexity index is 634. The summed E-state index contributed by atoms with van der Waals surface area (Å²) >= 11 is 3.26. The minimum Gasteiger partial charge on any atom is -0.493 e. The molecule has 0 unspecified atom stereocenters. The molecule has 7 heteroatoms. The van der Waals surface area contributed by atoms with Crippen LogP contribution in [0.3, 0.4) is 0 Å². The van der Waals surface area contributed by atoms with Crippen LogP contribution in [0.15, 0.2) is 22.8 Å². The van der Waals surface area contributed by atoms with Crippen molar-refractivity contribution in [2.75, 3.05) is 27.1 Å². The van der Waals surface area contributed by atoms with E-state index in [1.807, 2.05) is 0 Å². The zero-order chi connectivity index (χ0) is 14.7. The molecular weight excluding hydrogens is 326 g/mol. The zero-order valence-corrected chi connectivity index (χ0v) is 12.9. The number of ether oxygens (including phenoxy) is 3. The van der Waals surface area contributed by atoms with E-state index in [9.17, 15) is 0 Å². The van der Waals surface area contributed by atoms with Crippen molar-refractivity contribution in [1.82, 2.24) is 9.97 Å². The van der Waals surface area contributed by atoms with E-state index in [2.05, 4.69) is 25.9 Å². The van der Waals surface area contributed by atoms with Crippen molar-refractivity contribution in [2.24, 2.45) is 0 Å². The van der Waals surface area contributed by atoms with Gasteiger partial charge in [0.25, 0.3) is 0 Å². The van der Waals surface area contributed by atoms with Crippen molar-refractivity contribution in [1.29, 1.82) is 0 Å². The standard InChI is InChI=1S/C13H14BrN3O3/c1-18-9-5-4-7(10(19-2)11(9)20-3)13-16-6-8(14)12(15)17-13/h4-6H,1-3H3,(H2,15,16,17). The van der Waals surface area contributed by atoms with Gasteiger partial charge < -0.3 is 19.9 Å². The van der Waals surface area contributed by atoms with Crippen LogP contribution in [0.25, 0.3) is 11.4 Å². The van der Waals surface area contributed by atoms with Gasteiger partial charge in [-0.05, 0) is 28.1 Å². The fourth-order valence-corrected chi connectivity index (χ4v) is 1.98. The second-order valence-corrected chi connectivity index (χ2v) is 4.66. The lowest BCUT2D eigenvalue weighted by Gasteiger charge is -2.15. The quantitative estimate of drug-likeness (QED) is 0.921. The van der Waals surface area contributed by atoms with E-state index in [1.165, 1.54) is 0 Å². The summed E-state index contributed by atoms with van der Waals surface area (Å²) in [6.45, 7) is 0. The van der Waals surface area contributed by atoms with E-state index in [0.717, 1.165) is 0 Å². The van der Waals surface area contributed by atoms with Crippen LogP contribution < -0.4 is 19.9 Å². The van der Waals surface area contributed by atoms with Crippen molar-refractivity contribution in [3.05, 3.63) is 22.8 Å².